The van der Waals surface area contributed by atoms with Crippen molar-refractivity contribution in [2.75, 3.05) is 0 Å². The van der Waals surface area contributed by atoms with Gasteiger partial charge in [-0.25, -0.2) is 4.39 Å². The largest absolute Gasteiger partial charge is 0.489 e. The fourth-order valence-corrected chi connectivity index (χ4v) is 1.85. The third-order valence-electron chi connectivity index (χ3n) is 3.19. The van der Waals surface area contributed by atoms with Crippen molar-refractivity contribution in [2.45, 2.75) is 19.6 Å². The minimum Gasteiger partial charge on any atom is -0.489 e. The molecule has 1 atom stereocenters. The number of carbonyl (C=O) groups is 2. The average molecular weight is 316 g/mol. The fourth-order valence-electron chi connectivity index (χ4n) is 1.85. The maximum atomic E-state index is 13.1. The number of carbonyl (C=O) groups excluding carboxylic acids is 2. The summed E-state index contributed by atoms with van der Waals surface area (Å²) >= 11 is 0. The van der Waals surface area contributed by atoms with Crippen LogP contribution < -0.4 is 15.8 Å². The Kier molecular flexibility index (Phi) is 5.30. The molecule has 1 unspecified atom stereocenters. The SMILES string of the molecule is CC(NC(=O)c1ccc(OCc2cccc(F)c2)cc1)C(N)=O. The van der Waals surface area contributed by atoms with E-state index in [-0.39, 0.29) is 12.4 Å². The lowest BCUT2D eigenvalue weighted by Gasteiger charge is -2.11. The van der Waals surface area contributed by atoms with Crippen molar-refractivity contribution in [2.24, 2.45) is 5.73 Å². The zero-order valence-corrected chi connectivity index (χ0v) is 12.6. The van der Waals surface area contributed by atoms with Crippen molar-refractivity contribution in [1.29, 1.82) is 0 Å². The Morgan fingerprint density at radius 2 is 1.91 bits per heavy atom. The molecule has 23 heavy (non-hydrogen) atoms. The molecule has 2 amide bonds. The molecule has 0 fully saturated rings. The van der Waals surface area contributed by atoms with Gasteiger partial charge in [0, 0.05) is 5.56 Å². The molecule has 6 heteroatoms. The van der Waals surface area contributed by atoms with E-state index in [4.69, 9.17) is 10.5 Å². The highest BCUT2D eigenvalue weighted by molar-refractivity contribution is 5.97. The van der Waals surface area contributed by atoms with E-state index < -0.39 is 17.9 Å². The topological polar surface area (TPSA) is 81.4 Å². The minimum absolute atomic E-state index is 0.224. The summed E-state index contributed by atoms with van der Waals surface area (Å²) in [4.78, 5) is 22.8. The van der Waals surface area contributed by atoms with Crippen molar-refractivity contribution >= 4 is 11.8 Å². The van der Waals surface area contributed by atoms with Crippen molar-refractivity contribution in [3.05, 3.63) is 65.5 Å². The second-order valence-electron chi connectivity index (χ2n) is 5.04. The number of primary amides is 1. The number of hydrogen-bond acceptors (Lipinski definition) is 3. The number of rotatable bonds is 6. The maximum absolute atomic E-state index is 13.1. The summed E-state index contributed by atoms with van der Waals surface area (Å²) in [7, 11) is 0. The van der Waals surface area contributed by atoms with Gasteiger partial charge in [-0.15, -0.1) is 0 Å². The molecule has 2 aromatic carbocycles. The Hall–Kier alpha value is -2.89. The molecule has 0 aliphatic rings. The van der Waals surface area contributed by atoms with Crippen LogP contribution in [0.25, 0.3) is 0 Å². The lowest BCUT2D eigenvalue weighted by molar-refractivity contribution is -0.119. The number of hydrogen-bond donors (Lipinski definition) is 2. The van der Waals surface area contributed by atoms with Gasteiger partial charge in [0.25, 0.3) is 5.91 Å². The lowest BCUT2D eigenvalue weighted by atomic mass is 10.2. The number of nitrogens with one attached hydrogen (secondary N) is 1. The van der Waals surface area contributed by atoms with Crippen LogP contribution in [0.5, 0.6) is 5.75 Å². The van der Waals surface area contributed by atoms with Gasteiger partial charge < -0.3 is 15.8 Å². The lowest BCUT2D eigenvalue weighted by Crippen LogP contribution is -2.42. The molecule has 0 bridgehead atoms. The standard InChI is InChI=1S/C17H17FN2O3/c1-11(16(19)21)20-17(22)13-5-7-15(8-6-13)23-10-12-3-2-4-14(18)9-12/h2-9,11H,10H2,1H3,(H2,19,21)(H,20,22). The summed E-state index contributed by atoms with van der Waals surface area (Å²) in [5.74, 6) is -0.767. The van der Waals surface area contributed by atoms with E-state index in [2.05, 4.69) is 5.32 Å². The van der Waals surface area contributed by atoms with Gasteiger partial charge in [-0.3, -0.25) is 9.59 Å². The van der Waals surface area contributed by atoms with Crippen LogP contribution in [-0.4, -0.2) is 17.9 Å². The van der Waals surface area contributed by atoms with Crippen LogP contribution in [0.15, 0.2) is 48.5 Å². The molecule has 0 heterocycles. The summed E-state index contributed by atoms with van der Waals surface area (Å²) in [5, 5.41) is 2.48. The molecule has 5 nitrogen and oxygen atoms in total. The quantitative estimate of drug-likeness (QED) is 0.855. The highest BCUT2D eigenvalue weighted by Crippen LogP contribution is 2.15. The van der Waals surface area contributed by atoms with E-state index in [0.29, 0.717) is 16.9 Å². The zero-order valence-electron chi connectivity index (χ0n) is 12.6. The van der Waals surface area contributed by atoms with Crippen molar-refractivity contribution in [3.8, 4) is 5.75 Å². The Morgan fingerprint density at radius 1 is 1.22 bits per heavy atom. The molecule has 0 saturated carbocycles. The van der Waals surface area contributed by atoms with Gasteiger partial charge in [0.15, 0.2) is 0 Å². The van der Waals surface area contributed by atoms with Crippen molar-refractivity contribution < 1.29 is 18.7 Å². The Balaban J connectivity index is 1.94. The summed E-state index contributed by atoms with van der Waals surface area (Å²) < 4.78 is 18.6. The van der Waals surface area contributed by atoms with Gasteiger partial charge in [0.05, 0.1) is 0 Å². The van der Waals surface area contributed by atoms with Gasteiger partial charge in [0.1, 0.15) is 24.2 Å². The molecule has 2 rings (SSSR count). The highest BCUT2D eigenvalue weighted by atomic mass is 19.1. The first kappa shape index (κ1) is 16.5. The third kappa shape index (κ3) is 4.81. The molecule has 2 aromatic rings. The first-order valence-corrected chi connectivity index (χ1v) is 7.03. The second kappa shape index (κ2) is 7.40. The molecule has 0 saturated heterocycles. The van der Waals surface area contributed by atoms with Crippen LogP contribution in [0.3, 0.4) is 0 Å². The Morgan fingerprint density at radius 3 is 2.52 bits per heavy atom. The van der Waals surface area contributed by atoms with Crippen LogP contribution in [0.2, 0.25) is 0 Å². The normalized spacial score (nSPS) is 11.6. The predicted molar refractivity (Wildman–Crippen MR) is 83.3 cm³/mol. The van der Waals surface area contributed by atoms with E-state index >= 15 is 0 Å². The minimum atomic E-state index is -0.744. The molecular weight excluding hydrogens is 299 g/mol. The predicted octanol–water partition coefficient (Wildman–Crippen LogP) is 2.01. The van der Waals surface area contributed by atoms with Gasteiger partial charge in [-0.1, -0.05) is 12.1 Å². The van der Waals surface area contributed by atoms with Crippen LogP contribution >= 0.6 is 0 Å². The Labute approximate surface area is 133 Å². The molecular formula is C17H17FN2O3. The van der Waals surface area contributed by atoms with Crippen LogP contribution in [-0.2, 0) is 11.4 Å². The molecule has 0 aliphatic heterocycles. The monoisotopic (exact) mass is 316 g/mol. The number of benzene rings is 2. The van der Waals surface area contributed by atoms with E-state index in [1.807, 2.05) is 0 Å². The number of ether oxygens (including phenoxy) is 1. The summed E-state index contributed by atoms with van der Waals surface area (Å²) in [6, 6.07) is 11.8. The van der Waals surface area contributed by atoms with E-state index in [1.165, 1.54) is 19.1 Å². The highest BCUT2D eigenvalue weighted by Gasteiger charge is 2.13. The smallest absolute Gasteiger partial charge is 0.251 e. The third-order valence-corrected chi connectivity index (χ3v) is 3.19. The molecule has 0 spiro atoms. The number of halogens is 1. The van der Waals surface area contributed by atoms with E-state index in [1.54, 1.807) is 36.4 Å². The first-order valence-electron chi connectivity index (χ1n) is 7.03. The van der Waals surface area contributed by atoms with Gasteiger partial charge in [0.2, 0.25) is 5.91 Å². The van der Waals surface area contributed by atoms with Crippen molar-refractivity contribution in [3.63, 3.8) is 0 Å². The number of amides is 2. The fraction of sp³-hybridized carbons (Fsp3) is 0.176. The van der Waals surface area contributed by atoms with Gasteiger partial charge in [-0.05, 0) is 48.9 Å². The van der Waals surface area contributed by atoms with Gasteiger partial charge in [-0.2, -0.15) is 0 Å². The molecule has 0 radical (unpaired) electrons. The Bertz CT molecular complexity index is 701. The molecule has 0 aromatic heterocycles. The average Bonchev–Trinajstić information content (AvgIpc) is 2.53. The summed E-state index contributed by atoms with van der Waals surface area (Å²) in [6.45, 7) is 1.73. The second-order valence-corrected chi connectivity index (χ2v) is 5.04. The molecule has 120 valence electrons. The van der Waals surface area contributed by atoms with E-state index in [9.17, 15) is 14.0 Å². The van der Waals surface area contributed by atoms with E-state index in [0.717, 1.165) is 0 Å². The maximum Gasteiger partial charge on any atom is 0.251 e. The zero-order chi connectivity index (χ0) is 16.8. The van der Waals surface area contributed by atoms with Crippen LogP contribution in [0.4, 0.5) is 4.39 Å². The van der Waals surface area contributed by atoms with Crippen molar-refractivity contribution in [1.82, 2.24) is 5.32 Å². The molecule has 3 N–H and O–H groups in total. The molecule has 0 aliphatic carbocycles. The van der Waals surface area contributed by atoms with Crippen LogP contribution in [0, 0.1) is 5.82 Å². The van der Waals surface area contributed by atoms with Gasteiger partial charge >= 0.3 is 0 Å². The summed E-state index contributed by atoms with van der Waals surface area (Å²) in [6.07, 6.45) is 0. The first-order chi connectivity index (χ1) is 11.0. The number of nitrogens with two attached hydrogens (primary N) is 1. The summed E-state index contributed by atoms with van der Waals surface area (Å²) in [5.41, 5.74) is 6.19. The van der Waals surface area contributed by atoms with Crippen LogP contribution in [0.1, 0.15) is 22.8 Å².